The third-order valence-electron chi connectivity index (χ3n) is 7.18. The van der Waals surface area contributed by atoms with Gasteiger partial charge in [0.05, 0.1) is 17.3 Å². The lowest BCUT2D eigenvalue weighted by Crippen LogP contribution is -2.57. The molecule has 0 radical (unpaired) electrons. The van der Waals surface area contributed by atoms with E-state index in [9.17, 15) is 27.5 Å². The lowest BCUT2D eigenvalue weighted by atomic mass is 9.81. The van der Waals surface area contributed by atoms with Crippen LogP contribution >= 0.6 is 0 Å². The van der Waals surface area contributed by atoms with Crippen molar-refractivity contribution in [2.75, 3.05) is 26.7 Å². The number of benzene rings is 1. The number of halogens is 4. The third kappa shape index (κ3) is 4.05. The number of hydrogen-bond donors (Lipinski definition) is 1. The fourth-order valence-electron chi connectivity index (χ4n) is 5.19. The highest BCUT2D eigenvalue weighted by Gasteiger charge is 2.49. The Morgan fingerprint density at radius 3 is 2.24 bits per heavy atom. The zero-order chi connectivity index (χ0) is 24.1. The summed E-state index contributed by atoms with van der Waals surface area (Å²) in [7, 11) is 1.81. The van der Waals surface area contributed by atoms with Crippen LogP contribution < -0.4 is 0 Å². The van der Waals surface area contributed by atoms with E-state index in [4.69, 9.17) is 0 Å². The van der Waals surface area contributed by atoms with E-state index in [0.717, 1.165) is 10.1 Å². The number of nitrogens with zero attached hydrogens (tertiary/aromatic N) is 3. The summed E-state index contributed by atoms with van der Waals surface area (Å²) in [5.41, 5.74) is -0.544. The van der Waals surface area contributed by atoms with E-state index in [-0.39, 0.29) is 25.5 Å². The average molecular weight is 470 g/mol. The molecule has 2 aliphatic heterocycles. The molecule has 1 N–H and O–H groups in total. The number of piperidine rings is 1. The van der Waals surface area contributed by atoms with Crippen molar-refractivity contribution in [1.29, 1.82) is 0 Å². The summed E-state index contributed by atoms with van der Waals surface area (Å²) in [4.78, 5) is 16.6. The van der Waals surface area contributed by atoms with Crippen LogP contribution in [0.4, 0.5) is 17.6 Å². The van der Waals surface area contributed by atoms with E-state index >= 15 is 0 Å². The minimum Gasteiger partial charge on any atom is -0.388 e. The molecule has 4 rings (SSSR count). The Kier molecular flexibility index (Phi) is 6.07. The fraction of sp³-hybridized carbons (Fsp3) is 0.542. The number of hydrogen-bond acceptors (Lipinski definition) is 3. The molecular formula is C24H31F4N3O2. The Hall–Kier alpha value is -2.39. The minimum absolute atomic E-state index is 0. The van der Waals surface area contributed by atoms with E-state index in [1.54, 1.807) is 36.2 Å². The summed E-state index contributed by atoms with van der Waals surface area (Å²) >= 11 is 0. The van der Waals surface area contributed by atoms with Crippen molar-refractivity contribution in [2.24, 2.45) is 5.92 Å². The maximum Gasteiger partial charge on any atom is 0.431 e. The first-order valence-corrected chi connectivity index (χ1v) is 11.2. The lowest BCUT2D eigenvalue weighted by Gasteiger charge is -2.50. The van der Waals surface area contributed by atoms with Gasteiger partial charge in [0.15, 0.2) is 0 Å². The van der Waals surface area contributed by atoms with Crippen LogP contribution in [0.15, 0.2) is 30.3 Å². The summed E-state index contributed by atoms with van der Waals surface area (Å²) in [6, 6.07) is 7.43. The number of rotatable bonds is 3. The molecule has 5 nitrogen and oxygen atoms in total. The Morgan fingerprint density at radius 1 is 1.09 bits per heavy atom. The van der Waals surface area contributed by atoms with Crippen LogP contribution in [0.25, 0.3) is 0 Å². The summed E-state index contributed by atoms with van der Waals surface area (Å²) in [5, 5.41) is 10.2. The first kappa shape index (κ1) is 23.8. The van der Waals surface area contributed by atoms with Gasteiger partial charge < -0.3 is 14.6 Å². The SMILES string of the molecule is CC(C)C(O)c1ccc(C(=O)N2CCC3(CC2)c2c(F)cc(C(F)(F)F)n2CCN3C)cc1.[HH]. The molecule has 2 aromatic rings. The van der Waals surface area contributed by atoms with Crippen molar-refractivity contribution in [3.05, 3.63) is 58.7 Å². The topological polar surface area (TPSA) is 48.7 Å². The van der Waals surface area contributed by atoms with Crippen LogP contribution in [0.2, 0.25) is 0 Å². The number of aliphatic hydroxyl groups is 1. The molecule has 1 spiro atoms. The lowest BCUT2D eigenvalue weighted by molar-refractivity contribution is -0.144. The summed E-state index contributed by atoms with van der Waals surface area (Å²) in [6.45, 7) is 4.89. The molecule has 3 heterocycles. The van der Waals surface area contributed by atoms with Crippen molar-refractivity contribution >= 4 is 5.91 Å². The van der Waals surface area contributed by atoms with Crippen LogP contribution in [-0.4, -0.2) is 52.1 Å². The van der Waals surface area contributed by atoms with Crippen LogP contribution in [0.3, 0.4) is 0 Å². The standard InChI is InChI=1S/C24H29F4N3O2.H2/c1-15(2)20(32)16-4-6-17(7-5-16)22(33)30-10-8-23(9-11-30)21-18(25)14-19(24(26,27)28)31(21)13-12-29(23)3;/h4-7,14-15,20,32H,8-13H2,1-3H3;1H. The normalized spacial score (nSPS) is 19.7. The quantitative estimate of drug-likeness (QED) is 0.666. The van der Waals surface area contributed by atoms with Crippen LogP contribution in [-0.2, 0) is 18.3 Å². The van der Waals surface area contributed by atoms with E-state index in [2.05, 4.69) is 0 Å². The number of aromatic nitrogens is 1. The molecule has 1 saturated heterocycles. The number of carbonyl (C=O) groups excluding carboxylic acids is 1. The van der Waals surface area contributed by atoms with Crippen molar-refractivity contribution in [2.45, 2.75) is 51.1 Å². The van der Waals surface area contributed by atoms with Crippen molar-refractivity contribution in [3.8, 4) is 0 Å². The Balaban J connectivity index is 0.00000324. The Morgan fingerprint density at radius 2 is 1.70 bits per heavy atom. The molecular weight excluding hydrogens is 438 g/mol. The predicted octanol–water partition coefficient (Wildman–Crippen LogP) is 4.66. The second kappa shape index (κ2) is 8.43. The van der Waals surface area contributed by atoms with E-state index in [1.165, 1.54) is 0 Å². The number of amides is 1. The monoisotopic (exact) mass is 469 g/mol. The highest BCUT2D eigenvalue weighted by atomic mass is 19.4. The minimum atomic E-state index is -4.62. The van der Waals surface area contributed by atoms with Gasteiger partial charge in [-0.1, -0.05) is 26.0 Å². The number of likely N-dealkylation sites (N-methyl/N-ethyl adjacent to an activating group) is 1. The van der Waals surface area contributed by atoms with Gasteiger partial charge in [-0.15, -0.1) is 0 Å². The molecule has 0 bridgehead atoms. The van der Waals surface area contributed by atoms with Gasteiger partial charge in [0.1, 0.15) is 11.5 Å². The fourth-order valence-corrected chi connectivity index (χ4v) is 5.19. The molecule has 0 aliphatic carbocycles. The number of fused-ring (bicyclic) bond motifs is 2. The molecule has 1 unspecified atom stereocenters. The molecule has 1 aromatic heterocycles. The zero-order valence-electron chi connectivity index (χ0n) is 19.0. The molecule has 1 aromatic carbocycles. The molecule has 2 aliphatic rings. The van der Waals surface area contributed by atoms with E-state index < -0.39 is 29.3 Å². The number of alkyl halides is 3. The van der Waals surface area contributed by atoms with Crippen LogP contribution in [0, 0.1) is 11.7 Å². The molecule has 0 saturated carbocycles. The summed E-state index contributed by atoms with van der Waals surface area (Å²) in [6.07, 6.45) is -4.55. The molecule has 9 heteroatoms. The maximum absolute atomic E-state index is 14.9. The Bertz CT molecular complexity index is 1030. The molecule has 1 atom stereocenters. The smallest absolute Gasteiger partial charge is 0.388 e. The van der Waals surface area contributed by atoms with E-state index in [1.807, 2.05) is 18.7 Å². The number of carbonyl (C=O) groups is 1. The van der Waals surface area contributed by atoms with Gasteiger partial charge in [0.2, 0.25) is 0 Å². The number of likely N-dealkylation sites (tertiary alicyclic amines) is 1. The molecule has 33 heavy (non-hydrogen) atoms. The predicted molar refractivity (Wildman–Crippen MR) is 117 cm³/mol. The largest absolute Gasteiger partial charge is 0.431 e. The first-order chi connectivity index (χ1) is 15.5. The van der Waals surface area contributed by atoms with Gasteiger partial charge in [-0.05, 0) is 43.5 Å². The van der Waals surface area contributed by atoms with E-state index in [0.29, 0.717) is 44.1 Å². The third-order valence-corrected chi connectivity index (χ3v) is 7.18. The van der Waals surface area contributed by atoms with Crippen molar-refractivity contribution < 1.29 is 28.9 Å². The highest BCUT2D eigenvalue weighted by Crippen LogP contribution is 2.45. The second-order valence-corrected chi connectivity index (χ2v) is 9.43. The summed E-state index contributed by atoms with van der Waals surface area (Å²) in [5.74, 6) is -0.969. The summed E-state index contributed by atoms with van der Waals surface area (Å²) < 4.78 is 56.3. The maximum atomic E-state index is 14.9. The van der Waals surface area contributed by atoms with Gasteiger partial charge in [-0.25, -0.2) is 4.39 Å². The average Bonchev–Trinajstić information content (AvgIpc) is 3.14. The highest BCUT2D eigenvalue weighted by molar-refractivity contribution is 5.94. The van der Waals surface area contributed by atoms with Gasteiger partial charge >= 0.3 is 6.18 Å². The zero-order valence-corrected chi connectivity index (χ0v) is 19.0. The molecule has 1 amide bonds. The number of aliphatic hydroxyl groups excluding tert-OH is 1. The van der Waals surface area contributed by atoms with Crippen LogP contribution in [0.5, 0.6) is 0 Å². The van der Waals surface area contributed by atoms with Gasteiger partial charge in [0, 0.05) is 39.2 Å². The molecule has 182 valence electrons. The first-order valence-electron chi connectivity index (χ1n) is 11.2. The van der Waals surface area contributed by atoms with Gasteiger partial charge in [-0.2, -0.15) is 13.2 Å². The van der Waals surface area contributed by atoms with Gasteiger partial charge in [-0.3, -0.25) is 9.69 Å². The molecule has 1 fully saturated rings. The van der Waals surface area contributed by atoms with Crippen LogP contribution in [0.1, 0.15) is 61.5 Å². The van der Waals surface area contributed by atoms with Crippen molar-refractivity contribution in [1.82, 2.24) is 14.4 Å². The Labute approximate surface area is 192 Å². The van der Waals surface area contributed by atoms with Gasteiger partial charge in [0.25, 0.3) is 5.91 Å². The second-order valence-electron chi connectivity index (χ2n) is 9.43. The van der Waals surface area contributed by atoms with Crippen molar-refractivity contribution in [3.63, 3.8) is 0 Å².